The van der Waals surface area contributed by atoms with E-state index in [2.05, 4.69) is 59.7 Å². The van der Waals surface area contributed by atoms with Gasteiger partial charge in [-0.1, -0.05) is 51.0 Å². The molecule has 0 atom stereocenters. The molecule has 2 rings (SSSR count). The van der Waals surface area contributed by atoms with Crippen molar-refractivity contribution in [3.05, 3.63) is 59.9 Å². The third kappa shape index (κ3) is 10.3. The van der Waals surface area contributed by atoms with Crippen LogP contribution in [0.15, 0.2) is 48.8 Å². The summed E-state index contributed by atoms with van der Waals surface area (Å²) in [5.74, 6) is 0. The molecule has 0 aliphatic heterocycles. The molecular formula is C24H36N2O4P+. The molecule has 31 heavy (non-hydrogen) atoms. The van der Waals surface area contributed by atoms with Gasteiger partial charge in [-0.05, 0) is 36.1 Å². The first kappa shape index (κ1) is 25.3. The van der Waals surface area contributed by atoms with Gasteiger partial charge < -0.3 is 14.7 Å². The van der Waals surface area contributed by atoms with Crippen molar-refractivity contribution in [2.45, 2.75) is 52.5 Å². The summed E-state index contributed by atoms with van der Waals surface area (Å²) in [6.45, 7) is 7.36. The van der Waals surface area contributed by atoms with Gasteiger partial charge in [-0.3, -0.25) is 4.52 Å². The van der Waals surface area contributed by atoms with Gasteiger partial charge in [0.15, 0.2) is 18.9 Å². The molecule has 6 nitrogen and oxygen atoms in total. The maximum absolute atomic E-state index is 10.7. The Morgan fingerprint density at radius 2 is 1.45 bits per heavy atom. The molecule has 0 aliphatic carbocycles. The number of benzene rings is 1. The maximum Gasteiger partial charge on any atom is 0.469 e. The van der Waals surface area contributed by atoms with Crippen LogP contribution in [0.5, 0.6) is 0 Å². The third-order valence-electron chi connectivity index (χ3n) is 5.03. The molecule has 0 spiro atoms. The lowest BCUT2D eigenvalue weighted by atomic mass is 10.1. The van der Waals surface area contributed by atoms with E-state index in [0.29, 0.717) is 13.0 Å². The largest absolute Gasteiger partial charge is 0.469 e. The Kier molecular flexibility index (Phi) is 11.0. The smallest absolute Gasteiger partial charge is 0.372 e. The van der Waals surface area contributed by atoms with E-state index in [1.807, 2.05) is 29.1 Å². The van der Waals surface area contributed by atoms with E-state index in [-0.39, 0.29) is 6.61 Å². The fourth-order valence-electron chi connectivity index (χ4n) is 3.22. The molecule has 0 amide bonds. The number of unbranched alkanes of at least 4 members (excludes halogenated alkanes) is 2. The second kappa shape index (κ2) is 13.4. The second-order valence-corrected chi connectivity index (χ2v) is 8.91. The summed E-state index contributed by atoms with van der Waals surface area (Å²) in [6, 6.07) is 12.8. The first-order valence-corrected chi connectivity index (χ1v) is 12.7. The first-order valence-electron chi connectivity index (χ1n) is 11.1. The van der Waals surface area contributed by atoms with Gasteiger partial charge in [-0.25, -0.2) is 9.13 Å². The van der Waals surface area contributed by atoms with Crippen LogP contribution < -0.4 is 9.47 Å². The molecule has 0 fully saturated rings. The van der Waals surface area contributed by atoms with Crippen molar-refractivity contribution in [2.75, 3.05) is 24.6 Å². The Morgan fingerprint density at radius 1 is 0.903 bits per heavy atom. The van der Waals surface area contributed by atoms with Crippen LogP contribution >= 0.6 is 7.82 Å². The summed E-state index contributed by atoms with van der Waals surface area (Å²) in [5, 5.41) is 0. The quantitative estimate of drug-likeness (QED) is 0.241. The molecule has 2 N–H and O–H groups in total. The molecule has 0 unspecified atom stereocenters. The number of aryl methyl sites for hydroxylation is 1. The molecule has 0 saturated carbocycles. The maximum atomic E-state index is 10.7. The number of phosphoric ester groups is 1. The van der Waals surface area contributed by atoms with Crippen molar-refractivity contribution in [1.82, 2.24) is 0 Å². The van der Waals surface area contributed by atoms with Crippen LogP contribution in [-0.2, 0) is 15.6 Å². The van der Waals surface area contributed by atoms with Crippen molar-refractivity contribution >= 4 is 25.7 Å². The van der Waals surface area contributed by atoms with E-state index in [1.165, 1.54) is 36.9 Å². The number of phosphoric acid groups is 1. The molecule has 0 radical (unpaired) electrons. The van der Waals surface area contributed by atoms with Crippen molar-refractivity contribution < 1.29 is 23.4 Å². The van der Waals surface area contributed by atoms with E-state index in [4.69, 9.17) is 9.79 Å². The molecule has 0 saturated heterocycles. The van der Waals surface area contributed by atoms with Gasteiger partial charge >= 0.3 is 7.82 Å². The molecule has 7 heteroatoms. The Balaban J connectivity index is 1.89. The summed E-state index contributed by atoms with van der Waals surface area (Å²) in [7, 11) is -4.37. The second-order valence-electron chi connectivity index (χ2n) is 7.67. The number of hydrogen-bond acceptors (Lipinski definition) is 3. The minimum atomic E-state index is -4.37. The Hall–Kier alpha value is -1.98. The zero-order valence-electron chi connectivity index (χ0n) is 18.7. The summed E-state index contributed by atoms with van der Waals surface area (Å²) in [6.07, 6.45) is 13.5. The molecule has 1 heterocycles. The lowest BCUT2D eigenvalue weighted by Crippen LogP contribution is -2.33. The highest BCUT2D eigenvalue weighted by molar-refractivity contribution is 7.46. The van der Waals surface area contributed by atoms with E-state index in [1.54, 1.807) is 0 Å². The number of anilines is 1. The molecule has 2 aromatic rings. The summed E-state index contributed by atoms with van der Waals surface area (Å²) >= 11 is 0. The van der Waals surface area contributed by atoms with Crippen molar-refractivity contribution in [2.24, 2.45) is 0 Å². The molecule has 0 bridgehead atoms. The topological polar surface area (TPSA) is 73.9 Å². The standard InChI is InChI=1S/C24H35N2O4P/c1-3-5-17-26(18-6-4-2)24-12-10-22(11-13-24)8-9-23-14-19-25(20-15-23)16-7-21-30-31(27,28)29/h8-15,19-20H,3-7,16-18,21H2,1-2H3,(H-,27,28,29)/p+1. The van der Waals surface area contributed by atoms with Crippen molar-refractivity contribution in [3.63, 3.8) is 0 Å². The average molecular weight is 448 g/mol. The van der Waals surface area contributed by atoms with Crippen molar-refractivity contribution in [1.29, 1.82) is 0 Å². The lowest BCUT2D eigenvalue weighted by Gasteiger charge is -2.24. The van der Waals surface area contributed by atoms with Gasteiger partial charge in [0.1, 0.15) is 0 Å². The highest BCUT2D eigenvalue weighted by atomic mass is 31.2. The zero-order chi connectivity index (χ0) is 22.5. The highest BCUT2D eigenvalue weighted by Crippen LogP contribution is 2.35. The van der Waals surface area contributed by atoms with Crippen LogP contribution in [0.4, 0.5) is 5.69 Å². The van der Waals surface area contributed by atoms with Crippen molar-refractivity contribution in [3.8, 4) is 0 Å². The number of nitrogens with zero attached hydrogens (tertiary/aromatic N) is 2. The van der Waals surface area contributed by atoms with Crippen LogP contribution in [0.25, 0.3) is 12.2 Å². The Labute approximate surface area is 186 Å². The number of rotatable bonds is 14. The molecule has 0 aliphatic rings. The van der Waals surface area contributed by atoms with E-state index >= 15 is 0 Å². The van der Waals surface area contributed by atoms with Gasteiger partial charge in [0.2, 0.25) is 0 Å². The molecule has 1 aromatic carbocycles. The van der Waals surface area contributed by atoms with E-state index in [9.17, 15) is 4.57 Å². The minimum Gasteiger partial charge on any atom is -0.372 e. The predicted octanol–water partition coefficient (Wildman–Crippen LogP) is 5.05. The summed E-state index contributed by atoms with van der Waals surface area (Å²) in [5.41, 5.74) is 3.56. The lowest BCUT2D eigenvalue weighted by molar-refractivity contribution is -0.697. The normalized spacial score (nSPS) is 11.9. The Bertz CT molecular complexity index is 824. The Morgan fingerprint density at radius 3 is 1.97 bits per heavy atom. The van der Waals surface area contributed by atoms with Gasteiger partial charge in [0.25, 0.3) is 0 Å². The fourth-order valence-corrected chi connectivity index (χ4v) is 3.58. The number of hydrogen-bond donors (Lipinski definition) is 2. The SMILES string of the molecule is CCCCN(CCCC)c1ccc(C=Cc2cc[n+](CCCOP(=O)(O)O)cc2)cc1. The van der Waals surface area contributed by atoms with Crippen LogP contribution in [0.3, 0.4) is 0 Å². The van der Waals surface area contributed by atoms with Gasteiger partial charge in [0.05, 0.1) is 6.61 Å². The van der Waals surface area contributed by atoms with Crippen LogP contribution in [0.2, 0.25) is 0 Å². The average Bonchev–Trinajstić information content (AvgIpc) is 2.76. The van der Waals surface area contributed by atoms with Gasteiger partial charge in [0, 0.05) is 37.3 Å². The summed E-state index contributed by atoms with van der Waals surface area (Å²) < 4.78 is 17.1. The number of aromatic nitrogens is 1. The summed E-state index contributed by atoms with van der Waals surface area (Å²) in [4.78, 5) is 19.9. The van der Waals surface area contributed by atoms with Gasteiger partial charge in [-0.2, -0.15) is 0 Å². The van der Waals surface area contributed by atoms with E-state index in [0.717, 1.165) is 18.7 Å². The molecular weight excluding hydrogens is 411 g/mol. The minimum absolute atomic E-state index is 0.0310. The third-order valence-corrected chi connectivity index (χ3v) is 5.55. The van der Waals surface area contributed by atoms with E-state index < -0.39 is 7.82 Å². The monoisotopic (exact) mass is 447 g/mol. The molecule has 170 valence electrons. The number of pyridine rings is 1. The zero-order valence-corrected chi connectivity index (χ0v) is 19.6. The fraction of sp³-hybridized carbons (Fsp3) is 0.458. The first-order chi connectivity index (χ1) is 14.9. The highest BCUT2D eigenvalue weighted by Gasteiger charge is 2.13. The molecule has 1 aromatic heterocycles. The van der Waals surface area contributed by atoms with Gasteiger partial charge in [-0.15, -0.1) is 0 Å². The van der Waals surface area contributed by atoms with Crippen LogP contribution in [-0.4, -0.2) is 29.5 Å². The van der Waals surface area contributed by atoms with Crippen LogP contribution in [0, 0.1) is 0 Å². The predicted molar refractivity (Wildman–Crippen MR) is 127 cm³/mol. The van der Waals surface area contributed by atoms with Crippen LogP contribution in [0.1, 0.15) is 57.1 Å².